The number of carbonyl (C=O) groups excluding carboxylic acids is 3. The fraction of sp³-hybridized carbons (Fsp3) is 0.292. The van der Waals surface area contributed by atoms with Gasteiger partial charge in [0.05, 0.1) is 24.7 Å². The van der Waals surface area contributed by atoms with Gasteiger partial charge >= 0.3 is 0 Å². The Morgan fingerprint density at radius 1 is 1.12 bits per heavy atom. The molecule has 1 fully saturated rings. The van der Waals surface area contributed by atoms with Crippen LogP contribution in [0.4, 0.5) is 10.5 Å². The summed E-state index contributed by atoms with van der Waals surface area (Å²) in [4.78, 5) is 38.4. The standard InChI is InChI=1S/C24H26N2O6S/c1-4-31-20-13-17(14-21-23(28)26(10-11-30-3)24(29)33-21)8-9-19(20)32-15-22(27)25-18-7-5-6-16(2)12-18/h5-9,12-14H,4,10-11,15H2,1-3H3,(H,25,27)/b21-14+. The van der Waals surface area contributed by atoms with Crippen molar-refractivity contribution >= 4 is 40.6 Å². The molecule has 0 atom stereocenters. The van der Waals surface area contributed by atoms with Gasteiger partial charge in [0.25, 0.3) is 17.1 Å². The van der Waals surface area contributed by atoms with E-state index in [1.165, 1.54) is 7.11 Å². The van der Waals surface area contributed by atoms with E-state index in [4.69, 9.17) is 14.2 Å². The monoisotopic (exact) mass is 470 g/mol. The summed E-state index contributed by atoms with van der Waals surface area (Å²) in [7, 11) is 1.51. The predicted molar refractivity (Wildman–Crippen MR) is 127 cm³/mol. The number of nitrogens with zero attached hydrogens (tertiary/aromatic N) is 1. The zero-order valence-electron chi connectivity index (χ0n) is 18.8. The van der Waals surface area contributed by atoms with Gasteiger partial charge in [-0.1, -0.05) is 18.2 Å². The summed E-state index contributed by atoms with van der Waals surface area (Å²) < 4.78 is 16.3. The van der Waals surface area contributed by atoms with E-state index < -0.39 is 0 Å². The van der Waals surface area contributed by atoms with Crippen LogP contribution >= 0.6 is 11.8 Å². The highest BCUT2D eigenvalue weighted by Crippen LogP contribution is 2.34. The van der Waals surface area contributed by atoms with Crippen LogP contribution in [0.15, 0.2) is 47.4 Å². The van der Waals surface area contributed by atoms with E-state index in [1.54, 1.807) is 24.3 Å². The predicted octanol–water partition coefficient (Wildman–Crippen LogP) is 4.09. The van der Waals surface area contributed by atoms with E-state index in [-0.39, 0.29) is 36.8 Å². The van der Waals surface area contributed by atoms with Gasteiger partial charge in [-0.2, -0.15) is 0 Å². The Labute approximate surface area is 196 Å². The van der Waals surface area contributed by atoms with Crippen LogP contribution in [0.25, 0.3) is 6.08 Å². The smallest absolute Gasteiger partial charge is 0.293 e. The van der Waals surface area contributed by atoms with E-state index in [2.05, 4.69) is 5.32 Å². The maximum atomic E-state index is 12.5. The van der Waals surface area contributed by atoms with E-state index in [0.717, 1.165) is 22.2 Å². The summed E-state index contributed by atoms with van der Waals surface area (Å²) in [6.45, 7) is 4.47. The Hall–Kier alpha value is -3.30. The van der Waals surface area contributed by atoms with Crippen LogP contribution in [0.1, 0.15) is 18.1 Å². The summed E-state index contributed by atoms with van der Waals surface area (Å²) in [5.74, 6) is 0.194. The molecule has 2 aromatic rings. The first-order chi connectivity index (χ1) is 15.9. The van der Waals surface area contributed by atoms with Gasteiger partial charge in [-0.15, -0.1) is 0 Å². The average molecular weight is 471 g/mol. The third-order valence-electron chi connectivity index (χ3n) is 4.62. The molecule has 1 aliphatic heterocycles. The number of imide groups is 1. The lowest BCUT2D eigenvalue weighted by atomic mass is 10.2. The second-order valence-corrected chi connectivity index (χ2v) is 8.16. The number of hydrogen-bond donors (Lipinski definition) is 1. The zero-order chi connectivity index (χ0) is 23.8. The first-order valence-electron chi connectivity index (χ1n) is 10.4. The van der Waals surface area contributed by atoms with Crippen molar-refractivity contribution < 1.29 is 28.6 Å². The molecular formula is C24H26N2O6S. The van der Waals surface area contributed by atoms with Crippen molar-refractivity contribution in [1.82, 2.24) is 4.90 Å². The van der Waals surface area contributed by atoms with Gasteiger partial charge in [0.1, 0.15) is 0 Å². The molecule has 3 rings (SSSR count). The van der Waals surface area contributed by atoms with Crippen molar-refractivity contribution in [2.24, 2.45) is 0 Å². The molecule has 174 valence electrons. The zero-order valence-corrected chi connectivity index (χ0v) is 19.6. The minimum atomic E-state index is -0.354. The third kappa shape index (κ3) is 6.59. The van der Waals surface area contributed by atoms with Crippen LogP contribution in [0.2, 0.25) is 0 Å². The Bertz CT molecular complexity index is 1070. The maximum absolute atomic E-state index is 12.5. The van der Waals surface area contributed by atoms with Crippen molar-refractivity contribution in [2.45, 2.75) is 13.8 Å². The van der Waals surface area contributed by atoms with Crippen LogP contribution in [0, 0.1) is 6.92 Å². The molecule has 0 aromatic heterocycles. The number of thioether (sulfide) groups is 1. The number of aryl methyl sites for hydroxylation is 1. The van der Waals surface area contributed by atoms with Crippen LogP contribution in [-0.4, -0.2) is 55.4 Å². The summed E-state index contributed by atoms with van der Waals surface area (Å²) in [6.07, 6.45) is 1.63. The fourth-order valence-electron chi connectivity index (χ4n) is 3.09. The summed E-state index contributed by atoms with van der Waals surface area (Å²) >= 11 is 0.884. The van der Waals surface area contributed by atoms with Gasteiger partial charge in [0.2, 0.25) is 0 Å². The Morgan fingerprint density at radius 3 is 2.67 bits per heavy atom. The fourth-order valence-corrected chi connectivity index (χ4v) is 3.96. The quantitative estimate of drug-likeness (QED) is 0.523. The topological polar surface area (TPSA) is 94.2 Å². The van der Waals surface area contributed by atoms with Gasteiger partial charge in [-0.25, -0.2) is 0 Å². The molecular weight excluding hydrogens is 444 g/mol. The number of anilines is 1. The lowest BCUT2D eigenvalue weighted by molar-refractivity contribution is -0.123. The summed E-state index contributed by atoms with van der Waals surface area (Å²) in [5, 5.41) is 2.47. The molecule has 3 amide bonds. The third-order valence-corrected chi connectivity index (χ3v) is 5.53. The first kappa shape index (κ1) is 24.3. The highest BCUT2D eigenvalue weighted by Gasteiger charge is 2.34. The molecule has 2 aromatic carbocycles. The molecule has 33 heavy (non-hydrogen) atoms. The molecule has 1 N–H and O–H groups in total. The first-order valence-corrected chi connectivity index (χ1v) is 11.2. The minimum absolute atomic E-state index is 0.189. The minimum Gasteiger partial charge on any atom is -0.490 e. The van der Waals surface area contributed by atoms with Crippen LogP contribution in [-0.2, 0) is 14.3 Å². The Balaban J connectivity index is 1.69. The lowest BCUT2D eigenvalue weighted by Gasteiger charge is -2.13. The highest BCUT2D eigenvalue weighted by atomic mass is 32.2. The molecule has 0 bridgehead atoms. The van der Waals surface area contributed by atoms with Gasteiger partial charge < -0.3 is 19.5 Å². The normalized spacial score (nSPS) is 14.6. The van der Waals surface area contributed by atoms with Gasteiger partial charge in [0.15, 0.2) is 18.1 Å². The number of ether oxygens (including phenoxy) is 3. The molecule has 1 saturated heterocycles. The number of rotatable bonds is 10. The second-order valence-electron chi connectivity index (χ2n) is 7.17. The van der Waals surface area contributed by atoms with E-state index >= 15 is 0 Å². The number of methoxy groups -OCH3 is 1. The van der Waals surface area contributed by atoms with Gasteiger partial charge in [0, 0.05) is 12.8 Å². The molecule has 9 heteroatoms. The van der Waals surface area contributed by atoms with Gasteiger partial charge in [-0.05, 0) is 67.1 Å². The second kappa shape index (κ2) is 11.5. The Kier molecular flexibility index (Phi) is 8.51. The molecule has 0 aliphatic carbocycles. The number of benzene rings is 2. The maximum Gasteiger partial charge on any atom is 0.293 e. The Morgan fingerprint density at radius 2 is 1.94 bits per heavy atom. The van der Waals surface area contributed by atoms with Crippen LogP contribution in [0.5, 0.6) is 11.5 Å². The van der Waals surface area contributed by atoms with E-state index in [0.29, 0.717) is 34.3 Å². The SMILES string of the molecule is CCOc1cc(/C=C2/SC(=O)N(CCOC)C2=O)ccc1OCC(=O)Nc1cccc(C)c1. The molecule has 1 aliphatic rings. The van der Waals surface area contributed by atoms with Crippen molar-refractivity contribution in [1.29, 1.82) is 0 Å². The highest BCUT2D eigenvalue weighted by molar-refractivity contribution is 8.18. The number of hydrogen-bond acceptors (Lipinski definition) is 7. The van der Waals surface area contributed by atoms with Crippen molar-refractivity contribution in [3.63, 3.8) is 0 Å². The van der Waals surface area contributed by atoms with Crippen molar-refractivity contribution in [3.8, 4) is 11.5 Å². The van der Waals surface area contributed by atoms with E-state index in [9.17, 15) is 14.4 Å². The summed E-state index contributed by atoms with van der Waals surface area (Å²) in [5.41, 5.74) is 2.41. The molecule has 0 saturated carbocycles. The average Bonchev–Trinajstić information content (AvgIpc) is 3.04. The van der Waals surface area contributed by atoms with E-state index in [1.807, 2.05) is 38.1 Å². The molecule has 1 heterocycles. The molecule has 8 nitrogen and oxygen atoms in total. The van der Waals surface area contributed by atoms with Crippen LogP contribution in [0.3, 0.4) is 0 Å². The van der Waals surface area contributed by atoms with Gasteiger partial charge in [-0.3, -0.25) is 19.3 Å². The number of carbonyl (C=O) groups is 3. The van der Waals surface area contributed by atoms with Crippen LogP contribution < -0.4 is 14.8 Å². The number of nitrogens with one attached hydrogen (secondary N) is 1. The number of amides is 3. The lowest BCUT2D eigenvalue weighted by Crippen LogP contribution is -2.31. The summed E-state index contributed by atoms with van der Waals surface area (Å²) in [6, 6.07) is 12.6. The van der Waals surface area contributed by atoms with Crippen molar-refractivity contribution in [2.75, 3.05) is 38.8 Å². The molecule has 0 radical (unpaired) electrons. The molecule has 0 unspecified atom stereocenters. The largest absolute Gasteiger partial charge is 0.490 e. The van der Waals surface area contributed by atoms with Crippen molar-refractivity contribution in [3.05, 3.63) is 58.5 Å². The molecule has 0 spiro atoms.